The quantitative estimate of drug-likeness (QED) is 0.538. The van der Waals surface area contributed by atoms with E-state index in [1.165, 1.54) is 5.39 Å². The molecule has 1 aliphatic rings. The first-order valence-corrected chi connectivity index (χ1v) is 10.9. The number of piperazine rings is 1. The normalized spacial score (nSPS) is 15.1. The Morgan fingerprint density at radius 2 is 1.81 bits per heavy atom. The van der Waals surface area contributed by atoms with E-state index in [0.29, 0.717) is 6.61 Å². The molecule has 1 saturated heterocycles. The third-order valence-corrected chi connectivity index (χ3v) is 6.23. The molecular weight excluding hydrogens is 388 g/mol. The van der Waals surface area contributed by atoms with Crippen LogP contribution in [0.4, 0.5) is 0 Å². The van der Waals surface area contributed by atoms with E-state index in [1.54, 1.807) is 0 Å². The highest BCUT2D eigenvalue weighted by atomic mass is 16.5. The summed E-state index contributed by atoms with van der Waals surface area (Å²) in [5, 5.41) is 2.28. The van der Waals surface area contributed by atoms with Gasteiger partial charge in [0.25, 0.3) is 5.91 Å². The van der Waals surface area contributed by atoms with E-state index >= 15 is 0 Å². The number of H-pyrrole nitrogens is 1. The Labute approximate surface area is 182 Å². The Balaban J connectivity index is 1.13. The van der Waals surface area contributed by atoms with Gasteiger partial charge in [-0.2, -0.15) is 0 Å². The van der Waals surface area contributed by atoms with Crippen LogP contribution in [0.2, 0.25) is 0 Å². The molecule has 0 saturated carbocycles. The van der Waals surface area contributed by atoms with Gasteiger partial charge in [-0.3, -0.25) is 9.69 Å². The molecule has 6 heteroatoms. The third-order valence-electron chi connectivity index (χ3n) is 6.23. The van der Waals surface area contributed by atoms with Crippen molar-refractivity contribution in [1.29, 1.82) is 0 Å². The summed E-state index contributed by atoms with van der Waals surface area (Å²) in [6.07, 6.45) is 0. The van der Waals surface area contributed by atoms with Crippen LogP contribution in [0.15, 0.2) is 54.6 Å². The number of nitrogens with one attached hydrogen (secondary N) is 1. The number of ether oxygens (including phenoxy) is 1. The van der Waals surface area contributed by atoms with Crippen LogP contribution in [0.5, 0.6) is 5.75 Å². The molecule has 3 heterocycles. The lowest BCUT2D eigenvalue weighted by Crippen LogP contribution is -2.49. The average molecular weight is 417 g/mol. The number of amides is 1. The molecule has 0 aliphatic carbocycles. The van der Waals surface area contributed by atoms with Crippen molar-refractivity contribution in [2.24, 2.45) is 7.05 Å². The molecule has 1 fully saturated rings. The highest BCUT2D eigenvalue weighted by molar-refractivity contribution is 5.98. The Morgan fingerprint density at radius 3 is 2.61 bits per heavy atom. The zero-order valence-corrected chi connectivity index (χ0v) is 18.1. The molecule has 1 amide bonds. The zero-order valence-electron chi connectivity index (χ0n) is 18.1. The Hall–Kier alpha value is -3.25. The first-order valence-electron chi connectivity index (χ1n) is 10.9. The monoisotopic (exact) mass is 416 g/mol. The summed E-state index contributed by atoms with van der Waals surface area (Å²) in [6.45, 7) is 6.80. The van der Waals surface area contributed by atoms with E-state index in [9.17, 15) is 4.79 Å². The molecule has 0 atom stereocenters. The van der Waals surface area contributed by atoms with Gasteiger partial charge < -0.3 is 19.2 Å². The summed E-state index contributed by atoms with van der Waals surface area (Å²) in [6, 6.07) is 18.4. The lowest BCUT2D eigenvalue weighted by molar-refractivity contribution is 0.0611. The van der Waals surface area contributed by atoms with Gasteiger partial charge in [0.2, 0.25) is 0 Å². The van der Waals surface area contributed by atoms with Crippen molar-refractivity contribution in [3.63, 3.8) is 0 Å². The van der Waals surface area contributed by atoms with E-state index in [4.69, 9.17) is 4.74 Å². The van der Waals surface area contributed by atoms with E-state index in [1.807, 2.05) is 40.8 Å². The number of rotatable bonds is 5. The van der Waals surface area contributed by atoms with Gasteiger partial charge in [0.05, 0.1) is 0 Å². The zero-order chi connectivity index (χ0) is 21.4. The number of hydrogen-bond donors (Lipinski definition) is 1. The molecule has 2 aromatic carbocycles. The fourth-order valence-electron chi connectivity index (χ4n) is 4.47. The van der Waals surface area contributed by atoms with E-state index < -0.39 is 0 Å². The minimum Gasteiger partial charge on any atom is -0.492 e. The van der Waals surface area contributed by atoms with Crippen molar-refractivity contribution in [1.82, 2.24) is 19.4 Å². The number of hydrogen-bond acceptors (Lipinski definition) is 3. The van der Waals surface area contributed by atoms with Crippen molar-refractivity contribution in [3.8, 4) is 5.75 Å². The molecule has 0 spiro atoms. The van der Waals surface area contributed by atoms with Gasteiger partial charge in [-0.1, -0.05) is 18.2 Å². The topological polar surface area (TPSA) is 53.5 Å². The first kappa shape index (κ1) is 19.7. The number of carbonyl (C=O) groups excluding carboxylic acids is 1. The summed E-state index contributed by atoms with van der Waals surface area (Å²) < 4.78 is 7.98. The molecule has 6 nitrogen and oxygen atoms in total. The average Bonchev–Trinajstić information content (AvgIpc) is 3.32. The van der Waals surface area contributed by atoms with Gasteiger partial charge in [0.1, 0.15) is 18.1 Å². The predicted octanol–water partition coefficient (Wildman–Crippen LogP) is 3.80. The minimum atomic E-state index is 0.115. The number of aromatic amines is 1. The maximum absolute atomic E-state index is 13.1. The molecule has 1 aliphatic heterocycles. The molecule has 160 valence electrons. The Morgan fingerprint density at radius 1 is 1.00 bits per heavy atom. The van der Waals surface area contributed by atoms with Gasteiger partial charge in [-0.25, -0.2) is 0 Å². The highest BCUT2D eigenvalue weighted by Gasteiger charge is 2.24. The standard InChI is InChI=1S/C25H28N4O2/c1-18-15-20-16-21(7-8-22(20)26-18)31-14-13-28-9-11-29(12-10-28)25(30)24-17-19-5-3-4-6-23(19)27(24)2/h3-8,15-17,26H,9-14H2,1-2H3. The van der Waals surface area contributed by atoms with Gasteiger partial charge in [0, 0.05) is 67.3 Å². The lowest BCUT2D eigenvalue weighted by atomic mass is 10.2. The SMILES string of the molecule is Cc1cc2cc(OCCN3CCN(C(=O)c4cc5ccccc5n4C)CC3)ccc2[nH]1. The number of aromatic nitrogens is 2. The summed E-state index contributed by atoms with van der Waals surface area (Å²) in [5.41, 5.74) is 4.14. The number of carbonyl (C=O) groups is 1. The predicted molar refractivity (Wildman–Crippen MR) is 124 cm³/mol. The molecule has 0 unspecified atom stereocenters. The van der Waals surface area contributed by atoms with Crippen molar-refractivity contribution in [3.05, 3.63) is 66.0 Å². The second kappa shape index (κ2) is 8.12. The van der Waals surface area contributed by atoms with Gasteiger partial charge in [-0.05, 0) is 43.3 Å². The maximum atomic E-state index is 13.1. The van der Waals surface area contributed by atoms with Crippen LogP contribution in [0.3, 0.4) is 0 Å². The van der Waals surface area contributed by atoms with E-state index in [2.05, 4.69) is 47.1 Å². The van der Waals surface area contributed by atoms with Gasteiger partial charge in [0.15, 0.2) is 0 Å². The van der Waals surface area contributed by atoms with Crippen LogP contribution in [-0.4, -0.2) is 64.6 Å². The maximum Gasteiger partial charge on any atom is 0.270 e. The van der Waals surface area contributed by atoms with Crippen molar-refractivity contribution >= 4 is 27.7 Å². The third kappa shape index (κ3) is 3.91. The van der Waals surface area contributed by atoms with Crippen molar-refractivity contribution in [2.45, 2.75) is 6.92 Å². The number of nitrogens with zero attached hydrogens (tertiary/aromatic N) is 3. The molecule has 0 bridgehead atoms. The lowest BCUT2D eigenvalue weighted by Gasteiger charge is -2.34. The van der Waals surface area contributed by atoms with Crippen LogP contribution in [0.1, 0.15) is 16.2 Å². The second-order valence-electron chi connectivity index (χ2n) is 8.33. The second-order valence-corrected chi connectivity index (χ2v) is 8.33. The van der Waals surface area contributed by atoms with Crippen LogP contribution in [-0.2, 0) is 7.05 Å². The van der Waals surface area contributed by atoms with E-state index in [0.717, 1.165) is 66.3 Å². The molecule has 31 heavy (non-hydrogen) atoms. The van der Waals surface area contributed by atoms with Crippen LogP contribution >= 0.6 is 0 Å². The number of para-hydroxylation sites is 1. The smallest absolute Gasteiger partial charge is 0.270 e. The summed E-state index contributed by atoms with van der Waals surface area (Å²) in [4.78, 5) is 20.7. The van der Waals surface area contributed by atoms with Crippen LogP contribution in [0.25, 0.3) is 21.8 Å². The number of fused-ring (bicyclic) bond motifs is 2. The number of aryl methyl sites for hydroxylation is 2. The Kier molecular flexibility index (Phi) is 5.16. The fourth-order valence-corrected chi connectivity index (χ4v) is 4.47. The minimum absolute atomic E-state index is 0.115. The number of benzene rings is 2. The van der Waals surface area contributed by atoms with Crippen LogP contribution in [0, 0.1) is 6.92 Å². The van der Waals surface area contributed by atoms with Crippen molar-refractivity contribution < 1.29 is 9.53 Å². The molecule has 2 aromatic heterocycles. The summed E-state index contributed by atoms with van der Waals surface area (Å²) in [5.74, 6) is 1.01. The summed E-state index contributed by atoms with van der Waals surface area (Å²) in [7, 11) is 1.97. The molecule has 4 aromatic rings. The fraction of sp³-hybridized carbons (Fsp3) is 0.320. The van der Waals surface area contributed by atoms with Crippen LogP contribution < -0.4 is 4.74 Å². The molecular formula is C25H28N4O2. The molecule has 1 N–H and O–H groups in total. The largest absolute Gasteiger partial charge is 0.492 e. The Bertz CT molecular complexity index is 1230. The summed E-state index contributed by atoms with van der Waals surface area (Å²) >= 11 is 0. The van der Waals surface area contributed by atoms with Crippen molar-refractivity contribution in [2.75, 3.05) is 39.3 Å². The first-order chi connectivity index (χ1) is 15.1. The molecule has 5 rings (SSSR count). The van der Waals surface area contributed by atoms with Gasteiger partial charge in [-0.15, -0.1) is 0 Å². The van der Waals surface area contributed by atoms with E-state index in [-0.39, 0.29) is 5.91 Å². The molecule has 0 radical (unpaired) electrons. The highest BCUT2D eigenvalue weighted by Crippen LogP contribution is 2.22. The van der Waals surface area contributed by atoms with Gasteiger partial charge >= 0.3 is 0 Å².